The van der Waals surface area contributed by atoms with Crippen molar-refractivity contribution in [2.75, 3.05) is 26.2 Å². The number of hydrogen-bond donors (Lipinski definition) is 3. The standard InChI is InChI=1S/C18H29N3O2/c1-2-17(22)8-11-20-18(23)19-10-5-12-21-13-9-15-6-3-4-7-16(15)14-21/h3-4,6-7,17,22H,2,5,8-14H2,1H3,(H2,19,20,23). The van der Waals surface area contributed by atoms with Gasteiger partial charge in [-0.3, -0.25) is 4.90 Å². The molecule has 0 fully saturated rings. The van der Waals surface area contributed by atoms with E-state index in [1.807, 2.05) is 6.92 Å². The van der Waals surface area contributed by atoms with Crippen LogP contribution in [-0.2, 0) is 13.0 Å². The molecule has 5 heteroatoms. The molecule has 0 saturated heterocycles. The van der Waals surface area contributed by atoms with E-state index in [0.717, 1.165) is 38.9 Å². The van der Waals surface area contributed by atoms with Gasteiger partial charge in [0.05, 0.1) is 6.10 Å². The van der Waals surface area contributed by atoms with Crippen LogP contribution in [0.1, 0.15) is 37.3 Å². The molecule has 23 heavy (non-hydrogen) atoms. The average Bonchev–Trinajstić information content (AvgIpc) is 2.58. The third-order valence-electron chi connectivity index (χ3n) is 4.38. The van der Waals surface area contributed by atoms with Crippen LogP contribution in [0.4, 0.5) is 4.79 Å². The Morgan fingerprint density at radius 2 is 2.00 bits per heavy atom. The molecule has 1 heterocycles. The van der Waals surface area contributed by atoms with Crippen LogP contribution >= 0.6 is 0 Å². The highest BCUT2D eigenvalue weighted by Gasteiger charge is 2.14. The number of rotatable bonds is 8. The summed E-state index contributed by atoms with van der Waals surface area (Å²) in [5, 5.41) is 15.1. The van der Waals surface area contributed by atoms with E-state index in [9.17, 15) is 9.90 Å². The van der Waals surface area contributed by atoms with Crippen LogP contribution in [0.5, 0.6) is 0 Å². The predicted octanol–water partition coefficient (Wildman–Crippen LogP) is 1.89. The number of hydrogen-bond acceptors (Lipinski definition) is 3. The van der Waals surface area contributed by atoms with Gasteiger partial charge in [0.15, 0.2) is 0 Å². The van der Waals surface area contributed by atoms with Gasteiger partial charge >= 0.3 is 6.03 Å². The number of nitrogens with zero attached hydrogens (tertiary/aromatic N) is 1. The smallest absolute Gasteiger partial charge is 0.314 e. The molecule has 1 aromatic carbocycles. The van der Waals surface area contributed by atoms with E-state index in [1.54, 1.807) is 0 Å². The second-order valence-electron chi connectivity index (χ2n) is 6.18. The van der Waals surface area contributed by atoms with Gasteiger partial charge in [0.2, 0.25) is 0 Å². The van der Waals surface area contributed by atoms with Crippen LogP contribution in [0.15, 0.2) is 24.3 Å². The summed E-state index contributed by atoms with van der Waals surface area (Å²) in [6, 6.07) is 8.49. The lowest BCUT2D eigenvalue weighted by atomic mass is 10.00. The molecule has 5 nitrogen and oxygen atoms in total. The zero-order valence-corrected chi connectivity index (χ0v) is 14.1. The van der Waals surface area contributed by atoms with E-state index in [2.05, 4.69) is 39.8 Å². The van der Waals surface area contributed by atoms with Gasteiger partial charge in [-0.2, -0.15) is 0 Å². The van der Waals surface area contributed by atoms with Gasteiger partial charge in [0.25, 0.3) is 0 Å². The fraction of sp³-hybridized carbons (Fsp3) is 0.611. The largest absolute Gasteiger partial charge is 0.393 e. The summed E-state index contributed by atoms with van der Waals surface area (Å²) in [6.45, 7) is 6.24. The Morgan fingerprint density at radius 3 is 2.78 bits per heavy atom. The van der Waals surface area contributed by atoms with Crippen molar-refractivity contribution in [1.29, 1.82) is 0 Å². The van der Waals surface area contributed by atoms with E-state index in [0.29, 0.717) is 19.5 Å². The first-order valence-electron chi connectivity index (χ1n) is 8.68. The van der Waals surface area contributed by atoms with Crippen molar-refractivity contribution < 1.29 is 9.90 Å². The number of carbonyl (C=O) groups excluding carboxylic acids is 1. The molecule has 0 aromatic heterocycles. The SMILES string of the molecule is CCC(O)CCNC(=O)NCCCN1CCc2ccccc2C1. The number of benzene rings is 1. The fourth-order valence-corrected chi connectivity index (χ4v) is 2.87. The number of fused-ring (bicyclic) bond motifs is 1. The molecular weight excluding hydrogens is 290 g/mol. The lowest BCUT2D eigenvalue weighted by Gasteiger charge is -2.28. The quantitative estimate of drug-likeness (QED) is 0.641. The highest BCUT2D eigenvalue weighted by atomic mass is 16.3. The maximum absolute atomic E-state index is 11.6. The fourth-order valence-electron chi connectivity index (χ4n) is 2.87. The second kappa shape index (κ2) is 9.53. The van der Waals surface area contributed by atoms with Crippen LogP contribution in [0.25, 0.3) is 0 Å². The summed E-state index contributed by atoms with van der Waals surface area (Å²) in [5.74, 6) is 0. The average molecular weight is 319 g/mol. The zero-order chi connectivity index (χ0) is 16.5. The molecule has 1 atom stereocenters. The molecule has 0 spiro atoms. The van der Waals surface area contributed by atoms with Crippen molar-refractivity contribution in [3.05, 3.63) is 35.4 Å². The van der Waals surface area contributed by atoms with Crippen molar-refractivity contribution in [2.24, 2.45) is 0 Å². The summed E-state index contributed by atoms with van der Waals surface area (Å²) in [7, 11) is 0. The molecule has 0 aliphatic carbocycles. The minimum absolute atomic E-state index is 0.141. The van der Waals surface area contributed by atoms with E-state index in [4.69, 9.17) is 0 Å². The highest BCUT2D eigenvalue weighted by Crippen LogP contribution is 2.18. The molecule has 0 radical (unpaired) electrons. The van der Waals surface area contributed by atoms with E-state index >= 15 is 0 Å². The monoisotopic (exact) mass is 319 g/mol. The topological polar surface area (TPSA) is 64.6 Å². The summed E-state index contributed by atoms with van der Waals surface area (Å²) < 4.78 is 0. The van der Waals surface area contributed by atoms with Crippen molar-refractivity contribution in [2.45, 2.75) is 45.3 Å². The molecule has 0 saturated carbocycles. The first-order chi connectivity index (χ1) is 11.2. The molecular formula is C18H29N3O2. The number of aliphatic hydroxyl groups excluding tert-OH is 1. The van der Waals surface area contributed by atoms with Crippen LogP contribution in [0, 0.1) is 0 Å². The zero-order valence-electron chi connectivity index (χ0n) is 14.1. The van der Waals surface area contributed by atoms with Crippen LogP contribution < -0.4 is 10.6 Å². The van der Waals surface area contributed by atoms with Gasteiger partial charge < -0.3 is 15.7 Å². The Labute approximate surface area is 139 Å². The summed E-state index contributed by atoms with van der Waals surface area (Å²) in [4.78, 5) is 14.1. The molecule has 1 aromatic rings. The summed E-state index contributed by atoms with van der Waals surface area (Å²) >= 11 is 0. The van der Waals surface area contributed by atoms with Crippen LogP contribution in [0.3, 0.4) is 0 Å². The highest BCUT2D eigenvalue weighted by molar-refractivity contribution is 5.73. The lowest BCUT2D eigenvalue weighted by Crippen LogP contribution is -2.39. The minimum Gasteiger partial charge on any atom is -0.393 e. The third-order valence-corrected chi connectivity index (χ3v) is 4.38. The minimum atomic E-state index is -0.322. The molecule has 2 rings (SSSR count). The van der Waals surface area contributed by atoms with Gasteiger partial charge in [0.1, 0.15) is 0 Å². The summed E-state index contributed by atoms with van der Waals surface area (Å²) in [5.41, 5.74) is 2.90. The van der Waals surface area contributed by atoms with Gasteiger partial charge in [0, 0.05) is 32.7 Å². The molecule has 1 aliphatic rings. The Bertz CT molecular complexity index is 493. The predicted molar refractivity (Wildman–Crippen MR) is 92.4 cm³/mol. The van der Waals surface area contributed by atoms with Crippen molar-refractivity contribution in [3.63, 3.8) is 0 Å². The Morgan fingerprint density at radius 1 is 1.26 bits per heavy atom. The van der Waals surface area contributed by atoms with Crippen molar-refractivity contribution >= 4 is 6.03 Å². The number of aliphatic hydroxyl groups is 1. The maximum Gasteiger partial charge on any atom is 0.314 e. The first kappa shape index (κ1) is 17.8. The summed E-state index contributed by atoms with van der Waals surface area (Å²) in [6.07, 6.45) is 3.08. The van der Waals surface area contributed by atoms with Crippen molar-refractivity contribution in [3.8, 4) is 0 Å². The molecule has 128 valence electrons. The molecule has 1 unspecified atom stereocenters. The van der Waals surface area contributed by atoms with E-state index in [-0.39, 0.29) is 12.1 Å². The number of nitrogens with one attached hydrogen (secondary N) is 2. The van der Waals surface area contributed by atoms with Crippen molar-refractivity contribution in [1.82, 2.24) is 15.5 Å². The molecule has 1 aliphatic heterocycles. The lowest BCUT2D eigenvalue weighted by molar-refractivity contribution is 0.160. The van der Waals surface area contributed by atoms with E-state index < -0.39 is 0 Å². The van der Waals surface area contributed by atoms with Gasteiger partial charge in [-0.25, -0.2) is 4.79 Å². The van der Waals surface area contributed by atoms with Crippen LogP contribution in [0.2, 0.25) is 0 Å². The molecule has 0 bridgehead atoms. The first-order valence-corrected chi connectivity index (χ1v) is 8.68. The number of urea groups is 1. The maximum atomic E-state index is 11.6. The molecule has 2 amide bonds. The van der Waals surface area contributed by atoms with E-state index in [1.165, 1.54) is 11.1 Å². The Hall–Kier alpha value is -1.59. The number of carbonyl (C=O) groups is 1. The normalized spacial score (nSPS) is 15.7. The number of amides is 2. The Kier molecular flexibility index (Phi) is 7.36. The Balaban J connectivity index is 1.55. The molecule has 3 N–H and O–H groups in total. The van der Waals surface area contributed by atoms with Crippen LogP contribution in [-0.4, -0.2) is 48.3 Å². The van der Waals surface area contributed by atoms with Gasteiger partial charge in [-0.05, 0) is 36.8 Å². The van der Waals surface area contributed by atoms with Gasteiger partial charge in [-0.15, -0.1) is 0 Å². The third kappa shape index (κ3) is 6.20. The second-order valence-corrected chi connectivity index (χ2v) is 6.18. The van der Waals surface area contributed by atoms with Gasteiger partial charge in [-0.1, -0.05) is 31.2 Å².